The van der Waals surface area contributed by atoms with Gasteiger partial charge in [0.2, 0.25) is 0 Å². The summed E-state index contributed by atoms with van der Waals surface area (Å²) in [5.41, 5.74) is 4.03. The van der Waals surface area contributed by atoms with E-state index >= 15 is 0 Å². The Labute approximate surface area is 192 Å². The number of benzene rings is 2. The van der Waals surface area contributed by atoms with Gasteiger partial charge in [0.1, 0.15) is 0 Å². The Morgan fingerprint density at radius 1 is 0.969 bits per heavy atom. The van der Waals surface area contributed by atoms with Gasteiger partial charge in [0, 0.05) is 10.9 Å². The van der Waals surface area contributed by atoms with Crippen LogP contribution in [0.4, 0.5) is 10.8 Å². The van der Waals surface area contributed by atoms with E-state index in [1.165, 1.54) is 28.4 Å². The van der Waals surface area contributed by atoms with Crippen molar-refractivity contribution in [3.8, 4) is 10.6 Å². The summed E-state index contributed by atoms with van der Waals surface area (Å²) in [6.07, 6.45) is 0. The lowest BCUT2D eigenvalue weighted by Crippen LogP contribution is -2.30. The van der Waals surface area contributed by atoms with Gasteiger partial charge >= 0.3 is 0 Å². The molecule has 4 aromatic rings. The van der Waals surface area contributed by atoms with Crippen LogP contribution in [0.25, 0.3) is 10.6 Å². The summed E-state index contributed by atoms with van der Waals surface area (Å²) in [5, 5.41) is 7.10. The number of aromatic nitrogens is 1. The predicted molar refractivity (Wildman–Crippen MR) is 127 cm³/mol. The van der Waals surface area contributed by atoms with E-state index in [1.807, 2.05) is 48.9 Å². The molecule has 158 valence electrons. The third kappa shape index (κ3) is 3.34. The first-order valence-electron chi connectivity index (χ1n) is 9.84. The Balaban J connectivity index is 1.41. The van der Waals surface area contributed by atoms with Gasteiger partial charge in [-0.3, -0.25) is 19.7 Å². The normalized spacial score (nSPS) is 12.9. The molecule has 0 fully saturated rings. The molecule has 3 amide bonds. The second kappa shape index (κ2) is 7.81. The maximum Gasteiger partial charge on any atom is 0.266 e. The monoisotopic (exact) mass is 459 g/mol. The molecule has 0 radical (unpaired) electrons. The van der Waals surface area contributed by atoms with Crippen LogP contribution >= 0.6 is 22.7 Å². The number of rotatable bonds is 4. The first-order valence-corrected chi connectivity index (χ1v) is 11.6. The van der Waals surface area contributed by atoms with E-state index in [4.69, 9.17) is 0 Å². The number of imide groups is 1. The topological polar surface area (TPSA) is 79.4 Å². The lowest BCUT2D eigenvalue weighted by atomic mass is 10.1. The molecule has 0 bridgehead atoms. The van der Waals surface area contributed by atoms with Crippen molar-refractivity contribution in [2.24, 2.45) is 0 Å². The van der Waals surface area contributed by atoms with Crippen molar-refractivity contribution in [3.63, 3.8) is 0 Å². The minimum Gasteiger partial charge on any atom is -0.298 e. The molecule has 8 heteroatoms. The van der Waals surface area contributed by atoms with Crippen molar-refractivity contribution in [2.75, 3.05) is 10.2 Å². The summed E-state index contributed by atoms with van der Waals surface area (Å²) in [6.45, 7) is 3.81. The van der Waals surface area contributed by atoms with Crippen molar-refractivity contribution in [1.82, 2.24) is 4.98 Å². The second-order valence-corrected chi connectivity index (χ2v) is 9.20. The molecule has 0 spiro atoms. The van der Waals surface area contributed by atoms with E-state index in [-0.39, 0.29) is 17.4 Å². The smallest absolute Gasteiger partial charge is 0.266 e. The van der Waals surface area contributed by atoms with Gasteiger partial charge in [0.25, 0.3) is 17.7 Å². The van der Waals surface area contributed by atoms with Gasteiger partial charge in [-0.2, -0.15) is 0 Å². The van der Waals surface area contributed by atoms with Crippen molar-refractivity contribution < 1.29 is 14.4 Å². The number of nitrogens with one attached hydrogen (secondary N) is 1. The van der Waals surface area contributed by atoms with Gasteiger partial charge < -0.3 is 0 Å². The number of amides is 3. The average molecular weight is 460 g/mol. The molecule has 0 aliphatic carbocycles. The number of hydrogen-bond acceptors (Lipinski definition) is 6. The van der Waals surface area contributed by atoms with Crippen LogP contribution in [0.3, 0.4) is 0 Å². The lowest BCUT2D eigenvalue weighted by molar-refractivity contribution is 0.0925. The van der Waals surface area contributed by atoms with Crippen molar-refractivity contribution in [2.45, 2.75) is 13.8 Å². The largest absolute Gasteiger partial charge is 0.298 e. The molecule has 3 heterocycles. The molecule has 32 heavy (non-hydrogen) atoms. The summed E-state index contributed by atoms with van der Waals surface area (Å²) in [4.78, 5) is 45.5. The summed E-state index contributed by atoms with van der Waals surface area (Å²) in [7, 11) is 0. The Morgan fingerprint density at radius 3 is 2.56 bits per heavy atom. The van der Waals surface area contributed by atoms with E-state index in [0.717, 1.165) is 21.7 Å². The summed E-state index contributed by atoms with van der Waals surface area (Å²) >= 11 is 2.91. The van der Waals surface area contributed by atoms with Gasteiger partial charge in [-0.1, -0.05) is 18.2 Å². The highest BCUT2D eigenvalue weighted by molar-refractivity contribution is 7.16. The zero-order chi connectivity index (χ0) is 22.4. The van der Waals surface area contributed by atoms with Crippen molar-refractivity contribution >= 4 is 51.2 Å². The van der Waals surface area contributed by atoms with Crippen LogP contribution in [-0.2, 0) is 0 Å². The maximum absolute atomic E-state index is 13.1. The fourth-order valence-electron chi connectivity index (χ4n) is 3.62. The SMILES string of the molecule is Cc1cccc(N2C(=O)c3ccc(C(=O)Nc4nc(-c5cccs5)cs4)cc3C2=O)c1C. The van der Waals surface area contributed by atoms with Crippen LogP contribution in [0, 0.1) is 13.8 Å². The minimum absolute atomic E-state index is 0.224. The first-order chi connectivity index (χ1) is 15.4. The fraction of sp³-hybridized carbons (Fsp3) is 0.0833. The first kappa shape index (κ1) is 20.3. The molecule has 2 aromatic carbocycles. The fourth-order valence-corrected chi connectivity index (χ4v) is 5.08. The highest BCUT2D eigenvalue weighted by Crippen LogP contribution is 2.33. The van der Waals surface area contributed by atoms with E-state index in [0.29, 0.717) is 21.9 Å². The number of thiophene rings is 1. The third-order valence-corrected chi connectivity index (χ3v) is 7.11. The number of fused-ring (bicyclic) bond motifs is 1. The molecule has 2 aromatic heterocycles. The molecular formula is C24H17N3O3S2. The van der Waals surface area contributed by atoms with Gasteiger partial charge in [-0.15, -0.1) is 22.7 Å². The van der Waals surface area contributed by atoms with Crippen molar-refractivity contribution in [1.29, 1.82) is 0 Å². The van der Waals surface area contributed by atoms with Crippen LogP contribution in [-0.4, -0.2) is 22.7 Å². The van der Waals surface area contributed by atoms with Crippen LogP contribution in [0.2, 0.25) is 0 Å². The van der Waals surface area contributed by atoms with E-state index < -0.39 is 5.91 Å². The van der Waals surface area contributed by atoms with Crippen LogP contribution in [0.5, 0.6) is 0 Å². The molecule has 1 aliphatic heterocycles. The Kier molecular flexibility index (Phi) is 4.96. The van der Waals surface area contributed by atoms with Gasteiger partial charge in [-0.05, 0) is 60.7 Å². The Hall–Kier alpha value is -3.62. The Bertz CT molecular complexity index is 1390. The molecule has 6 nitrogen and oxygen atoms in total. The van der Waals surface area contributed by atoms with Crippen molar-refractivity contribution in [3.05, 3.63) is 87.1 Å². The maximum atomic E-state index is 13.1. The molecule has 5 rings (SSSR count). The molecule has 0 saturated heterocycles. The van der Waals surface area contributed by atoms with E-state index in [1.54, 1.807) is 23.5 Å². The van der Waals surface area contributed by atoms with E-state index in [9.17, 15) is 14.4 Å². The van der Waals surface area contributed by atoms with Crippen LogP contribution < -0.4 is 10.2 Å². The number of anilines is 2. The minimum atomic E-state index is -0.428. The average Bonchev–Trinajstić information content (AvgIpc) is 3.52. The molecule has 0 atom stereocenters. The number of carbonyl (C=O) groups excluding carboxylic acids is 3. The Morgan fingerprint density at radius 2 is 1.78 bits per heavy atom. The van der Waals surface area contributed by atoms with Gasteiger partial charge in [-0.25, -0.2) is 9.88 Å². The molecule has 1 aliphatic rings. The molecule has 0 unspecified atom stereocenters. The molecule has 1 N–H and O–H groups in total. The van der Waals surface area contributed by atoms with Gasteiger partial charge in [0.15, 0.2) is 5.13 Å². The highest BCUT2D eigenvalue weighted by atomic mass is 32.1. The number of carbonyl (C=O) groups is 3. The number of thiazole rings is 1. The zero-order valence-corrected chi connectivity index (χ0v) is 18.8. The van der Waals surface area contributed by atoms with Crippen LogP contribution in [0.1, 0.15) is 42.2 Å². The van der Waals surface area contributed by atoms with Crippen LogP contribution in [0.15, 0.2) is 59.3 Å². The number of hydrogen-bond donors (Lipinski definition) is 1. The summed E-state index contributed by atoms with van der Waals surface area (Å²) in [6, 6.07) is 14.0. The predicted octanol–water partition coefficient (Wildman–Crippen LogP) is 5.54. The summed E-state index contributed by atoms with van der Waals surface area (Å²) < 4.78 is 0. The van der Waals surface area contributed by atoms with Gasteiger partial charge in [0.05, 0.1) is 27.4 Å². The number of aryl methyl sites for hydroxylation is 1. The summed E-state index contributed by atoms with van der Waals surface area (Å²) in [5.74, 6) is -1.20. The van der Waals surface area contributed by atoms with E-state index in [2.05, 4.69) is 10.3 Å². The standard InChI is InChI=1S/C24H17N3O3S2/c1-13-5-3-6-19(14(13)2)27-22(29)16-9-8-15(11-17(16)23(27)30)21(28)26-24-25-18(12-32-24)20-7-4-10-31-20/h3-12H,1-2H3,(H,25,26,28). The lowest BCUT2D eigenvalue weighted by Gasteiger charge is -2.17. The second-order valence-electron chi connectivity index (χ2n) is 7.39. The molecule has 0 saturated carbocycles. The highest BCUT2D eigenvalue weighted by Gasteiger charge is 2.38. The quantitative estimate of drug-likeness (QED) is 0.406. The zero-order valence-electron chi connectivity index (χ0n) is 17.2. The third-order valence-electron chi connectivity index (χ3n) is 5.46. The number of nitrogens with zero attached hydrogens (tertiary/aromatic N) is 2. The molecular weight excluding hydrogens is 442 g/mol.